The highest BCUT2D eigenvalue weighted by atomic mass is 35.5. The first-order chi connectivity index (χ1) is 14.4. The molecule has 1 heterocycles. The number of carbonyl (C=O) groups is 2. The van der Waals surface area contributed by atoms with Crippen LogP contribution in [0.15, 0.2) is 59.1 Å². The number of hydrogen-bond donors (Lipinski definition) is 2. The van der Waals surface area contributed by atoms with Crippen LogP contribution in [0.3, 0.4) is 0 Å². The topological polar surface area (TPSA) is 84.2 Å². The van der Waals surface area contributed by atoms with E-state index in [0.717, 1.165) is 5.56 Å². The SMILES string of the molecule is CC(C)CNC(=O)c1ccccc1NC(=O)CCc1ncc(-c2ccc(Cl)cc2)o1. The second-order valence-electron chi connectivity index (χ2n) is 7.32. The molecule has 0 aliphatic carbocycles. The molecular formula is C23H24ClN3O3. The number of rotatable bonds is 8. The smallest absolute Gasteiger partial charge is 0.253 e. The van der Waals surface area contributed by atoms with Gasteiger partial charge in [0, 0.05) is 30.0 Å². The Bertz CT molecular complexity index is 1010. The van der Waals surface area contributed by atoms with Crippen molar-refractivity contribution in [2.45, 2.75) is 26.7 Å². The number of nitrogens with one attached hydrogen (secondary N) is 2. The zero-order valence-electron chi connectivity index (χ0n) is 16.9. The summed E-state index contributed by atoms with van der Waals surface area (Å²) in [6.45, 7) is 4.62. The molecule has 0 bridgehead atoms. The molecule has 2 N–H and O–H groups in total. The molecule has 30 heavy (non-hydrogen) atoms. The van der Waals surface area contributed by atoms with Gasteiger partial charge < -0.3 is 15.1 Å². The summed E-state index contributed by atoms with van der Waals surface area (Å²) in [6.07, 6.45) is 2.16. The van der Waals surface area contributed by atoms with Crippen LogP contribution in [0.25, 0.3) is 11.3 Å². The van der Waals surface area contributed by atoms with Gasteiger partial charge in [-0.1, -0.05) is 37.6 Å². The van der Waals surface area contributed by atoms with E-state index in [1.165, 1.54) is 0 Å². The van der Waals surface area contributed by atoms with E-state index in [1.807, 2.05) is 26.0 Å². The molecule has 0 spiro atoms. The van der Waals surface area contributed by atoms with Gasteiger partial charge in [0.15, 0.2) is 11.7 Å². The van der Waals surface area contributed by atoms with Gasteiger partial charge in [0.05, 0.1) is 17.4 Å². The van der Waals surface area contributed by atoms with Crippen LogP contribution >= 0.6 is 11.6 Å². The van der Waals surface area contributed by atoms with Gasteiger partial charge in [0.1, 0.15) is 0 Å². The highest BCUT2D eigenvalue weighted by molar-refractivity contribution is 6.30. The number of oxazole rings is 1. The average molecular weight is 426 g/mol. The molecule has 2 amide bonds. The maximum absolute atomic E-state index is 12.4. The van der Waals surface area contributed by atoms with Crippen molar-refractivity contribution in [1.29, 1.82) is 0 Å². The zero-order chi connectivity index (χ0) is 21.5. The van der Waals surface area contributed by atoms with Crippen molar-refractivity contribution in [3.05, 3.63) is 71.2 Å². The van der Waals surface area contributed by atoms with Crippen LogP contribution in [0.1, 0.15) is 36.5 Å². The lowest BCUT2D eigenvalue weighted by molar-refractivity contribution is -0.116. The summed E-state index contributed by atoms with van der Waals surface area (Å²) in [5.74, 6) is 1.01. The molecule has 0 unspecified atom stereocenters. The van der Waals surface area contributed by atoms with E-state index in [1.54, 1.807) is 42.6 Å². The first kappa shape index (κ1) is 21.6. The summed E-state index contributed by atoms with van der Waals surface area (Å²) in [7, 11) is 0. The lowest BCUT2D eigenvalue weighted by Gasteiger charge is -2.12. The van der Waals surface area contributed by atoms with Gasteiger partial charge >= 0.3 is 0 Å². The highest BCUT2D eigenvalue weighted by Crippen LogP contribution is 2.23. The second kappa shape index (κ2) is 10.1. The average Bonchev–Trinajstić information content (AvgIpc) is 3.20. The number of benzene rings is 2. The Labute approximate surface area is 180 Å². The number of nitrogens with zero attached hydrogens (tertiary/aromatic N) is 1. The number of hydrogen-bond acceptors (Lipinski definition) is 4. The second-order valence-corrected chi connectivity index (χ2v) is 7.76. The van der Waals surface area contributed by atoms with Crippen molar-refractivity contribution < 1.29 is 14.0 Å². The number of aromatic nitrogens is 1. The molecule has 1 aromatic heterocycles. The van der Waals surface area contributed by atoms with Gasteiger partial charge in [-0.2, -0.15) is 0 Å². The van der Waals surface area contributed by atoms with E-state index in [0.29, 0.717) is 46.8 Å². The van der Waals surface area contributed by atoms with Crippen LogP contribution < -0.4 is 10.6 Å². The van der Waals surface area contributed by atoms with Crippen molar-refractivity contribution in [2.75, 3.05) is 11.9 Å². The molecule has 0 aliphatic rings. The normalized spacial score (nSPS) is 10.8. The van der Waals surface area contributed by atoms with Crippen molar-refractivity contribution in [3.8, 4) is 11.3 Å². The van der Waals surface area contributed by atoms with Crippen LogP contribution in [0.5, 0.6) is 0 Å². The molecule has 0 aliphatic heterocycles. The summed E-state index contributed by atoms with van der Waals surface area (Å²) in [6, 6.07) is 14.2. The highest BCUT2D eigenvalue weighted by Gasteiger charge is 2.14. The maximum atomic E-state index is 12.4. The maximum Gasteiger partial charge on any atom is 0.253 e. The summed E-state index contributed by atoms with van der Waals surface area (Å²) in [4.78, 5) is 29.0. The number of carbonyl (C=O) groups excluding carboxylic acids is 2. The summed E-state index contributed by atoms with van der Waals surface area (Å²) >= 11 is 5.90. The van der Waals surface area contributed by atoms with Gasteiger partial charge in [-0.3, -0.25) is 9.59 Å². The van der Waals surface area contributed by atoms with Gasteiger partial charge in [0.25, 0.3) is 5.91 Å². The molecule has 6 nitrogen and oxygen atoms in total. The van der Waals surface area contributed by atoms with Crippen molar-refractivity contribution >= 4 is 29.1 Å². The molecule has 156 valence electrons. The van der Waals surface area contributed by atoms with Crippen LogP contribution in [0, 0.1) is 5.92 Å². The molecule has 7 heteroatoms. The van der Waals surface area contributed by atoms with Crippen LogP contribution in [0.4, 0.5) is 5.69 Å². The third-order valence-electron chi connectivity index (χ3n) is 4.36. The molecule has 2 aromatic carbocycles. The monoisotopic (exact) mass is 425 g/mol. The molecule has 3 aromatic rings. The summed E-state index contributed by atoms with van der Waals surface area (Å²) < 4.78 is 5.73. The quantitative estimate of drug-likeness (QED) is 0.534. The number of anilines is 1. The predicted octanol–water partition coefficient (Wildman–Crippen LogP) is 4.95. The molecule has 0 saturated carbocycles. The molecule has 0 radical (unpaired) electrons. The van der Waals surface area contributed by atoms with E-state index in [4.69, 9.17) is 16.0 Å². The summed E-state index contributed by atoms with van der Waals surface area (Å²) in [5.41, 5.74) is 1.79. The summed E-state index contributed by atoms with van der Waals surface area (Å²) in [5, 5.41) is 6.32. The fourth-order valence-corrected chi connectivity index (χ4v) is 2.91. The Kier molecular flexibility index (Phi) is 7.25. The van der Waals surface area contributed by atoms with Crippen LogP contribution in [0.2, 0.25) is 5.02 Å². The Hall–Kier alpha value is -3.12. The Balaban J connectivity index is 1.58. The predicted molar refractivity (Wildman–Crippen MR) is 118 cm³/mol. The molecule has 3 rings (SSSR count). The van der Waals surface area contributed by atoms with Crippen molar-refractivity contribution in [1.82, 2.24) is 10.3 Å². The van der Waals surface area contributed by atoms with Crippen LogP contribution in [-0.2, 0) is 11.2 Å². The van der Waals surface area contributed by atoms with E-state index in [2.05, 4.69) is 15.6 Å². The number of para-hydroxylation sites is 1. The first-order valence-corrected chi connectivity index (χ1v) is 10.2. The zero-order valence-corrected chi connectivity index (χ0v) is 17.7. The lowest BCUT2D eigenvalue weighted by atomic mass is 10.1. The van der Waals surface area contributed by atoms with Crippen molar-refractivity contribution in [3.63, 3.8) is 0 Å². The Morgan fingerprint density at radius 2 is 1.83 bits per heavy atom. The third kappa shape index (κ3) is 5.94. The number of halogens is 1. The van der Waals surface area contributed by atoms with Gasteiger partial charge in [-0.15, -0.1) is 0 Å². The van der Waals surface area contributed by atoms with E-state index < -0.39 is 0 Å². The standard InChI is InChI=1S/C23H24ClN3O3/c1-15(2)13-26-23(29)18-5-3-4-6-19(18)27-21(28)11-12-22-25-14-20(30-22)16-7-9-17(24)10-8-16/h3-10,14-15H,11-13H2,1-2H3,(H,26,29)(H,27,28). The minimum atomic E-state index is -0.217. The Morgan fingerprint density at radius 1 is 1.10 bits per heavy atom. The number of aryl methyl sites for hydroxylation is 1. The first-order valence-electron chi connectivity index (χ1n) is 9.80. The minimum Gasteiger partial charge on any atom is -0.441 e. The van der Waals surface area contributed by atoms with Gasteiger partial charge in [-0.25, -0.2) is 4.98 Å². The molecule has 0 saturated heterocycles. The largest absolute Gasteiger partial charge is 0.441 e. The van der Waals surface area contributed by atoms with E-state index >= 15 is 0 Å². The minimum absolute atomic E-state index is 0.183. The molecular weight excluding hydrogens is 402 g/mol. The van der Waals surface area contributed by atoms with Crippen LogP contribution in [-0.4, -0.2) is 23.3 Å². The number of amides is 2. The lowest BCUT2D eigenvalue weighted by Crippen LogP contribution is -2.28. The van der Waals surface area contributed by atoms with E-state index in [-0.39, 0.29) is 18.2 Å². The third-order valence-corrected chi connectivity index (χ3v) is 4.62. The molecule has 0 fully saturated rings. The Morgan fingerprint density at radius 3 is 2.57 bits per heavy atom. The molecule has 0 atom stereocenters. The van der Waals surface area contributed by atoms with Crippen molar-refractivity contribution in [2.24, 2.45) is 5.92 Å². The fraction of sp³-hybridized carbons (Fsp3) is 0.261. The van der Waals surface area contributed by atoms with Gasteiger partial charge in [-0.05, 0) is 42.3 Å². The van der Waals surface area contributed by atoms with E-state index in [9.17, 15) is 9.59 Å². The fourth-order valence-electron chi connectivity index (χ4n) is 2.79. The van der Waals surface area contributed by atoms with Gasteiger partial charge in [0.2, 0.25) is 5.91 Å².